The average molecular weight is 241 g/mol. The molecule has 0 bridgehead atoms. The lowest BCUT2D eigenvalue weighted by Gasteiger charge is -2.15. The molecule has 0 atom stereocenters. The van der Waals surface area contributed by atoms with Crippen LogP contribution < -0.4 is 12.4 Å². The van der Waals surface area contributed by atoms with Crippen molar-refractivity contribution in [3.05, 3.63) is 29.5 Å². The zero-order valence-corrected chi connectivity index (χ0v) is 9.89. The third-order valence-corrected chi connectivity index (χ3v) is 3.64. The predicted octanol–water partition coefficient (Wildman–Crippen LogP) is 0.0644. The smallest absolute Gasteiger partial charge is 1.00 e. The Bertz CT molecular complexity index is 439. The van der Waals surface area contributed by atoms with Crippen LogP contribution >= 0.6 is 11.3 Å². The lowest BCUT2D eigenvalue weighted by atomic mass is 10.1. The summed E-state index contributed by atoms with van der Waals surface area (Å²) in [4.78, 5) is 5.82. The van der Waals surface area contributed by atoms with E-state index >= 15 is 0 Å². The molecule has 3 heterocycles. The van der Waals surface area contributed by atoms with Gasteiger partial charge in [0.2, 0.25) is 0 Å². The Morgan fingerprint density at radius 3 is 3.13 bits per heavy atom. The number of aromatic nitrogens is 2. The maximum absolute atomic E-state index is 4.48. The molecule has 2 nitrogen and oxygen atoms in total. The van der Waals surface area contributed by atoms with Crippen molar-refractivity contribution in [2.24, 2.45) is 0 Å². The number of aryl methyl sites for hydroxylation is 1. The number of hydrogen-bond donors (Lipinski definition) is 0. The Hall–Kier alpha value is -0.800. The molecule has 0 spiro atoms. The minimum Gasteiger partial charge on any atom is -1.00 e. The highest BCUT2D eigenvalue weighted by Crippen LogP contribution is 2.28. The fraction of sp³-hybridized carbons (Fsp3) is 0.364. The average Bonchev–Trinajstić information content (AvgIpc) is 2.85. The van der Waals surface area contributed by atoms with Crippen LogP contribution in [0.4, 0.5) is 0 Å². The van der Waals surface area contributed by atoms with E-state index in [1.165, 1.54) is 29.2 Å². The van der Waals surface area contributed by atoms with E-state index in [-0.39, 0.29) is 13.8 Å². The van der Waals surface area contributed by atoms with Crippen molar-refractivity contribution in [3.63, 3.8) is 0 Å². The number of thiophene rings is 1. The van der Waals surface area contributed by atoms with Gasteiger partial charge in [-0.1, -0.05) is 6.07 Å². The van der Waals surface area contributed by atoms with E-state index in [2.05, 4.69) is 27.1 Å². The van der Waals surface area contributed by atoms with Crippen LogP contribution in [-0.2, 0) is 13.0 Å². The minimum atomic E-state index is 0. The highest BCUT2D eigenvalue weighted by atomic mass is 35.5. The van der Waals surface area contributed by atoms with Gasteiger partial charge in [0.25, 0.3) is 0 Å². The highest BCUT2D eigenvalue weighted by Gasteiger charge is 2.14. The van der Waals surface area contributed by atoms with Crippen molar-refractivity contribution in [2.75, 3.05) is 0 Å². The lowest BCUT2D eigenvalue weighted by Crippen LogP contribution is -3.00. The highest BCUT2D eigenvalue weighted by molar-refractivity contribution is 7.13. The summed E-state index contributed by atoms with van der Waals surface area (Å²) in [5.74, 6) is 1.26. The van der Waals surface area contributed by atoms with E-state index in [0.29, 0.717) is 0 Å². The Labute approximate surface area is 101 Å². The number of rotatable bonds is 1. The molecule has 4 heteroatoms. The minimum absolute atomic E-state index is 0. The molecule has 0 radical (unpaired) electrons. The normalized spacial score (nSPS) is 14.4. The number of nitrogens with zero attached hydrogens (tertiary/aromatic N) is 2. The largest absolute Gasteiger partial charge is 1.00 e. The van der Waals surface area contributed by atoms with Gasteiger partial charge in [-0.25, -0.2) is 4.98 Å². The monoisotopic (exact) mass is 240 g/mol. The van der Waals surface area contributed by atoms with Crippen LogP contribution in [0, 0.1) is 0 Å². The molecule has 80 valence electrons. The van der Waals surface area contributed by atoms with Gasteiger partial charge in [0.05, 0.1) is 16.8 Å². The molecule has 2 aromatic rings. The number of halogens is 1. The van der Waals surface area contributed by atoms with Crippen molar-refractivity contribution in [1.82, 2.24) is 9.55 Å². The summed E-state index contributed by atoms with van der Waals surface area (Å²) in [7, 11) is 0. The maximum atomic E-state index is 4.48. The molecule has 0 saturated heterocycles. The van der Waals surface area contributed by atoms with Crippen LogP contribution in [0.2, 0.25) is 0 Å². The molecule has 2 aromatic heterocycles. The van der Waals surface area contributed by atoms with Gasteiger partial charge in [-0.15, -0.1) is 11.3 Å². The Morgan fingerprint density at radius 2 is 2.33 bits per heavy atom. The summed E-state index contributed by atoms with van der Waals surface area (Å²) >= 11 is 1.79. The van der Waals surface area contributed by atoms with Crippen LogP contribution in [-0.4, -0.2) is 9.55 Å². The molecule has 15 heavy (non-hydrogen) atoms. The standard InChI is InChI=1S/C11H12N2S.ClH/c1-2-6-13-9(8-12-11(13)5-1)10-4-3-7-14-10;/h3-4,7-8H,1-2,5-6H2;1H. The van der Waals surface area contributed by atoms with E-state index in [0.717, 1.165) is 13.0 Å². The van der Waals surface area contributed by atoms with Crippen LogP contribution in [0.3, 0.4) is 0 Å². The van der Waals surface area contributed by atoms with Gasteiger partial charge in [-0.2, -0.15) is 0 Å². The van der Waals surface area contributed by atoms with Crippen LogP contribution in [0.5, 0.6) is 0 Å². The summed E-state index contributed by atoms with van der Waals surface area (Å²) in [6.45, 7) is 1.14. The molecule has 0 aliphatic carbocycles. The topological polar surface area (TPSA) is 17.8 Å². The number of hydrogen-bond acceptors (Lipinski definition) is 2. The van der Waals surface area contributed by atoms with Gasteiger partial charge in [0, 0.05) is 13.0 Å². The number of imidazole rings is 1. The second-order valence-corrected chi connectivity index (χ2v) is 4.59. The molecule has 0 unspecified atom stereocenters. The van der Waals surface area contributed by atoms with Crippen molar-refractivity contribution < 1.29 is 13.8 Å². The van der Waals surface area contributed by atoms with E-state index in [1.54, 1.807) is 11.3 Å². The first-order valence-electron chi connectivity index (χ1n) is 5.03. The zero-order valence-electron chi connectivity index (χ0n) is 9.32. The molecule has 1 aliphatic rings. The molecule has 0 fully saturated rings. The lowest BCUT2D eigenvalue weighted by molar-refractivity contribution is -0.00000283. The van der Waals surface area contributed by atoms with E-state index in [9.17, 15) is 0 Å². The quantitative estimate of drug-likeness (QED) is 0.690. The molecule has 0 saturated carbocycles. The van der Waals surface area contributed by atoms with Gasteiger partial charge in [0.1, 0.15) is 5.82 Å². The summed E-state index contributed by atoms with van der Waals surface area (Å²) in [6.07, 6.45) is 5.75. The summed E-state index contributed by atoms with van der Waals surface area (Å²) in [6, 6.07) is 4.27. The molecule has 0 aromatic carbocycles. The number of fused-ring (bicyclic) bond motifs is 1. The summed E-state index contributed by atoms with van der Waals surface area (Å²) in [5.41, 5.74) is 1.30. The van der Waals surface area contributed by atoms with E-state index in [1.807, 2.05) is 6.20 Å². The Kier molecular flexibility index (Phi) is 3.12. The molecule has 1 aliphatic heterocycles. The van der Waals surface area contributed by atoms with Crippen LogP contribution in [0.25, 0.3) is 10.6 Å². The fourth-order valence-corrected chi connectivity index (χ4v) is 2.78. The van der Waals surface area contributed by atoms with E-state index < -0.39 is 0 Å². The maximum Gasteiger partial charge on any atom is 1.00 e. The van der Waals surface area contributed by atoms with Gasteiger partial charge in [0.15, 0.2) is 0 Å². The fourth-order valence-electron chi connectivity index (χ4n) is 2.04. The molecular weight excluding hydrogens is 228 g/mol. The first-order valence-corrected chi connectivity index (χ1v) is 5.91. The Morgan fingerprint density at radius 1 is 1.40 bits per heavy atom. The SMILES string of the molecule is [Cl-].[H+].c1csc(-c2cnc3n2CCCC3)c1. The first kappa shape index (κ1) is 10.7. The Balaban J connectivity index is 0.000000640. The van der Waals surface area contributed by atoms with Crippen LogP contribution in [0.1, 0.15) is 20.1 Å². The summed E-state index contributed by atoms with van der Waals surface area (Å²) in [5, 5.41) is 2.12. The van der Waals surface area contributed by atoms with Crippen LogP contribution in [0.15, 0.2) is 23.7 Å². The van der Waals surface area contributed by atoms with Gasteiger partial charge in [-0.05, 0) is 24.3 Å². The second kappa shape index (κ2) is 4.37. The van der Waals surface area contributed by atoms with Crippen molar-refractivity contribution >= 4 is 11.3 Å². The second-order valence-electron chi connectivity index (χ2n) is 3.65. The van der Waals surface area contributed by atoms with Gasteiger partial charge in [-0.3, -0.25) is 0 Å². The van der Waals surface area contributed by atoms with E-state index in [4.69, 9.17) is 0 Å². The summed E-state index contributed by atoms with van der Waals surface area (Å²) < 4.78 is 2.37. The molecule has 3 rings (SSSR count). The molecular formula is C11H13ClN2S. The third-order valence-electron chi connectivity index (χ3n) is 2.74. The third kappa shape index (κ3) is 1.82. The van der Waals surface area contributed by atoms with Gasteiger partial charge < -0.3 is 17.0 Å². The first-order chi connectivity index (χ1) is 6.95. The molecule has 0 N–H and O–H groups in total. The zero-order chi connectivity index (χ0) is 9.38. The van der Waals surface area contributed by atoms with Crippen molar-refractivity contribution in [2.45, 2.75) is 25.8 Å². The van der Waals surface area contributed by atoms with Crippen molar-refractivity contribution in [1.29, 1.82) is 0 Å². The predicted molar refractivity (Wildman–Crippen MR) is 59.6 cm³/mol. The van der Waals surface area contributed by atoms with Gasteiger partial charge >= 0.3 is 1.43 Å². The van der Waals surface area contributed by atoms with Crippen molar-refractivity contribution in [3.8, 4) is 10.6 Å². The molecule has 0 amide bonds.